The Morgan fingerprint density at radius 2 is 2.21 bits per heavy atom. The molecule has 7 nitrogen and oxygen atoms in total. The van der Waals surface area contributed by atoms with Gasteiger partial charge in [-0.25, -0.2) is 4.39 Å². The van der Waals surface area contributed by atoms with E-state index in [-0.39, 0.29) is 29.2 Å². The summed E-state index contributed by atoms with van der Waals surface area (Å²) in [6.07, 6.45) is 2.27. The van der Waals surface area contributed by atoms with Gasteiger partial charge in [-0.15, -0.1) is 0 Å². The van der Waals surface area contributed by atoms with Crippen molar-refractivity contribution in [1.82, 2.24) is 15.1 Å². The van der Waals surface area contributed by atoms with Gasteiger partial charge in [0.15, 0.2) is 5.82 Å². The minimum atomic E-state index is -0.622. The molecule has 2 atom stereocenters. The highest BCUT2D eigenvalue weighted by atomic mass is 19.1. The lowest BCUT2D eigenvalue weighted by Crippen LogP contribution is -2.37. The standard InChI is InChI=1S/C16H17FN6O/c17-11-1-3-12(4-2-11)21-16-13(15(19)24)9-23(22-16)14-8-20-6-5-10(14)7-18/h1-4,9-10,14,20H,5-6,8H2,(H2,19,24)(H,21,22)/t10-,14+/m0/s1. The maximum atomic E-state index is 13.0. The van der Waals surface area contributed by atoms with Crippen molar-refractivity contribution in [1.29, 1.82) is 5.26 Å². The van der Waals surface area contributed by atoms with Gasteiger partial charge in [-0.1, -0.05) is 0 Å². The van der Waals surface area contributed by atoms with Crippen LogP contribution in [0, 0.1) is 23.1 Å². The van der Waals surface area contributed by atoms with Crippen LogP contribution in [0.5, 0.6) is 0 Å². The summed E-state index contributed by atoms with van der Waals surface area (Å²) in [6.45, 7) is 1.37. The first kappa shape index (κ1) is 16.0. The molecule has 0 unspecified atom stereocenters. The van der Waals surface area contributed by atoms with Crippen molar-refractivity contribution in [3.05, 3.63) is 41.8 Å². The molecule has 8 heteroatoms. The van der Waals surface area contributed by atoms with Crippen molar-refractivity contribution >= 4 is 17.4 Å². The number of hydrogen-bond acceptors (Lipinski definition) is 5. The van der Waals surface area contributed by atoms with Crippen molar-refractivity contribution < 1.29 is 9.18 Å². The minimum absolute atomic E-state index is 0.175. The van der Waals surface area contributed by atoms with Crippen LogP contribution in [0.4, 0.5) is 15.9 Å². The molecule has 1 aliphatic rings. The smallest absolute Gasteiger partial charge is 0.254 e. The number of benzene rings is 1. The lowest BCUT2D eigenvalue weighted by molar-refractivity contribution is 0.100. The van der Waals surface area contributed by atoms with E-state index in [1.54, 1.807) is 23.0 Å². The molecule has 2 aromatic rings. The summed E-state index contributed by atoms with van der Waals surface area (Å²) in [4.78, 5) is 11.7. The zero-order valence-corrected chi connectivity index (χ0v) is 12.9. The van der Waals surface area contributed by atoms with Crippen molar-refractivity contribution in [2.75, 3.05) is 18.4 Å². The molecule has 1 aromatic carbocycles. The summed E-state index contributed by atoms with van der Waals surface area (Å²) in [7, 11) is 0. The zero-order chi connectivity index (χ0) is 17.1. The number of carbonyl (C=O) groups excluding carboxylic acids is 1. The highest BCUT2D eigenvalue weighted by Gasteiger charge is 2.28. The summed E-state index contributed by atoms with van der Waals surface area (Å²) in [6, 6.07) is 7.81. The number of hydrogen-bond donors (Lipinski definition) is 3. The van der Waals surface area contributed by atoms with Gasteiger partial charge in [0.05, 0.1) is 18.0 Å². The zero-order valence-electron chi connectivity index (χ0n) is 12.9. The molecule has 1 aliphatic heterocycles. The van der Waals surface area contributed by atoms with Gasteiger partial charge < -0.3 is 16.4 Å². The third kappa shape index (κ3) is 3.21. The van der Waals surface area contributed by atoms with Gasteiger partial charge in [-0.05, 0) is 37.2 Å². The van der Waals surface area contributed by atoms with Crippen LogP contribution in [-0.2, 0) is 0 Å². The third-order valence-corrected chi connectivity index (χ3v) is 4.06. The average molecular weight is 328 g/mol. The van der Waals surface area contributed by atoms with Crippen molar-refractivity contribution in [3.8, 4) is 6.07 Å². The van der Waals surface area contributed by atoms with Crippen LogP contribution in [0.3, 0.4) is 0 Å². The molecule has 1 amide bonds. The Labute approximate surface area is 138 Å². The van der Waals surface area contributed by atoms with Crippen LogP contribution < -0.4 is 16.4 Å². The second-order valence-corrected chi connectivity index (χ2v) is 5.66. The first-order valence-electron chi connectivity index (χ1n) is 7.60. The lowest BCUT2D eigenvalue weighted by atomic mass is 9.94. The van der Waals surface area contributed by atoms with E-state index in [9.17, 15) is 14.4 Å². The monoisotopic (exact) mass is 328 g/mol. The largest absolute Gasteiger partial charge is 0.365 e. The number of halogens is 1. The molecule has 0 bridgehead atoms. The molecule has 124 valence electrons. The van der Waals surface area contributed by atoms with Crippen LogP contribution >= 0.6 is 0 Å². The van der Waals surface area contributed by atoms with Gasteiger partial charge in [0.25, 0.3) is 5.91 Å². The molecule has 1 fully saturated rings. The van der Waals surface area contributed by atoms with E-state index < -0.39 is 5.91 Å². The molecule has 24 heavy (non-hydrogen) atoms. The number of aromatic nitrogens is 2. The average Bonchev–Trinajstić information content (AvgIpc) is 3.01. The molecule has 3 rings (SSSR count). The second-order valence-electron chi connectivity index (χ2n) is 5.66. The van der Waals surface area contributed by atoms with E-state index in [1.165, 1.54) is 12.1 Å². The van der Waals surface area contributed by atoms with Crippen molar-refractivity contribution in [2.45, 2.75) is 12.5 Å². The quantitative estimate of drug-likeness (QED) is 0.789. The van der Waals surface area contributed by atoms with E-state index in [0.29, 0.717) is 18.7 Å². The molecule has 0 aliphatic carbocycles. The Morgan fingerprint density at radius 1 is 1.46 bits per heavy atom. The van der Waals surface area contributed by atoms with E-state index in [1.807, 2.05) is 0 Å². The number of carbonyl (C=O) groups is 1. The fraction of sp³-hybridized carbons (Fsp3) is 0.312. The first-order valence-corrected chi connectivity index (χ1v) is 7.60. The van der Waals surface area contributed by atoms with E-state index in [0.717, 1.165) is 6.54 Å². The van der Waals surface area contributed by atoms with Gasteiger partial charge in [-0.3, -0.25) is 9.48 Å². The van der Waals surface area contributed by atoms with E-state index >= 15 is 0 Å². The Bertz CT molecular complexity index is 779. The normalized spacial score (nSPS) is 20.3. The Balaban J connectivity index is 1.91. The molecule has 2 heterocycles. The molecule has 0 saturated carbocycles. The van der Waals surface area contributed by atoms with Crippen LogP contribution in [0.25, 0.3) is 0 Å². The van der Waals surface area contributed by atoms with Crippen LogP contribution in [0.15, 0.2) is 30.5 Å². The lowest BCUT2D eigenvalue weighted by Gasteiger charge is -2.27. The summed E-state index contributed by atoms with van der Waals surface area (Å²) in [5, 5.41) is 19.9. The Kier molecular flexibility index (Phi) is 4.44. The summed E-state index contributed by atoms with van der Waals surface area (Å²) < 4.78 is 14.6. The molecule has 4 N–H and O–H groups in total. The van der Waals surface area contributed by atoms with Crippen molar-refractivity contribution in [3.63, 3.8) is 0 Å². The van der Waals surface area contributed by atoms with Gasteiger partial charge >= 0.3 is 0 Å². The SMILES string of the molecule is N#C[C@@H]1CCNC[C@H]1n1cc(C(N)=O)c(Nc2ccc(F)cc2)n1. The van der Waals surface area contributed by atoms with E-state index in [4.69, 9.17) is 5.73 Å². The van der Waals surface area contributed by atoms with Gasteiger partial charge in [0, 0.05) is 18.4 Å². The minimum Gasteiger partial charge on any atom is -0.365 e. The number of piperidine rings is 1. The number of amides is 1. The predicted octanol–water partition coefficient (Wildman–Crippen LogP) is 1.54. The maximum absolute atomic E-state index is 13.0. The van der Waals surface area contributed by atoms with Crippen molar-refractivity contribution in [2.24, 2.45) is 11.7 Å². The van der Waals surface area contributed by atoms with Gasteiger partial charge in [-0.2, -0.15) is 10.4 Å². The maximum Gasteiger partial charge on any atom is 0.254 e. The number of anilines is 2. The number of nitrogens with zero attached hydrogens (tertiary/aromatic N) is 3. The molecule has 1 aromatic heterocycles. The van der Waals surface area contributed by atoms with E-state index in [2.05, 4.69) is 21.8 Å². The number of primary amides is 1. The Hall–Kier alpha value is -2.92. The topological polar surface area (TPSA) is 109 Å². The predicted molar refractivity (Wildman–Crippen MR) is 86.1 cm³/mol. The highest BCUT2D eigenvalue weighted by molar-refractivity contribution is 5.98. The fourth-order valence-electron chi connectivity index (χ4n) is 2.77. The number of nitrogens with one attached hydrogen (secondary N) is 2. The molecular formula is C16H17FN6O. The van der Waals surface area contributed by atoms with Crippen LogP contribution in [0.1, 0.15) is 22.8 Å². The molecular weight excluding hydrogens is 311 g/mol. The summed E-state index contributed by atoms with van der Waals surface area (Å²) in [5.74, 6) is -0.878. The number of nitrogens with two attached hydrogens (primary N) is 1. The Morgan fingerprint density at radius 3 is 2.88 bits per heavy atom. The molecule has 0 spiro atoms. The summed E-state index contributed by atoms with van der Waals surface area (Å²) in [5.41, 5.74) is 6.24. The first-order chi connectivity index (χ1) is 11.6. The number of rotatable bonds is 4. The molecule has 0 radical (unpaired) electrons. The van der Waals surface area contributed by atoms with Crippen LogP contribution in [0.2, 0.25) is 0 Å². The second kappa shape index (κ2) is 6.68. The fourth-order valence-corrected chi connectivity index (χ4v) is 2.77. The highest BCUT2D eigenvalue weighted by Crippen LogP contribution is 2.27. The molecule has 1 saturated heterocycles. The number of nitriles is 1. The van der Waals surface area contributed by atoms with Gasteiger partial charge in [0.1, 0.15) is 11.4 Å². The third-order valence-electron chi connectivity index (χ3n) is 4.06. The summed E-state index contributed by atoms with van der Waals surface area (Å²) >= 11 is 0. The van der Waals surface area contributed by atoms with Crippen LogP contribution in [-0.4, -0.2) is 28.8 Å². The van der Waals surface area contributed by atoms with Gasteiger partial charge in [0.2, 0.25) is 0 Å².